The largest absolute Gasteiger partial charge is 0.395 e. The molecule has 1 aromatic carbocycles. The van der Waals surface area contributed by atoms with E-state index >= 15 is 0 Å². The van der Waals surface area contributed by atoms with Gasteiger partial charge in [-0.05, 0) is 24.6 Å². The lowest BCUT2D eigenvalue weighted by atomic mass is 10.0. The van der Waals surface area contributed by atoms with Crippen molar-refractivity contribution < 1.29 is 21.6 Å². The van der Waals surface area contributed by atoms with E-state index in [2.05, 4.69) is 0 Å². The summed E-state index contributed by atoms with van der Waals surface area (Å²) in [6.07, 6.45) is -3.30. The lowest BCUT2D eigenvalue weighted by Gasteiger charge is -2.15. The second-order valence-corrected chi connectivity index (χ2v) is 5.62. The van der Waals surface area contributed by atoms with Crippen LogP contribution in [0.2, 0.25) is 0 Å². The van der Waals surface area contributed by atoms with Crippen LogP contribution in [-0.2, 0) is 9.84 Å². The zero-order chi connectivity index (χ0) is 12.6. The molecule has 2 nitrogen and oxygen atoms in total. The van der Waals surface area contributed by atoms with Crippen molar-refractivity contribution in [3.63, 3.8) is 0 Å². The Morgan fingerprint density at radius 3 is 1.88 bits per heavy atom. The maximum Gasteiger partial charge on any atom is 0.395 e. The first-order valence-electron chi connectivity index (χ1n) is 4.49. The van der Waals surface area contributed by atoms with Gasteiger partial charge in [0.05, 0.1) is 10.8 Å². The maximum absolute atomic E-state index is 12.4. The number of halogens is 3. The summed E-state index contributed by atoms with van der Waals surface area (Å²) >= 11 is 0. The van der Waals surface area contributed by atoms with Gasteiger partial charge in [0.2, 0.25) is 0 Å². The SMILES string of the molecule is CC(c1ccc(S(C)(=O)=O)cc1)C(F)(F)F. The molecule has 0 aromatic heterocycles. The number of hydrogen-bond donors (Lipinski definition) is 0. The fourth-order valence-electron chi connectivity index (χ4n) is 1.19. The molecule has 0 aliphatic heterocycles. The number of alkyl halides is 3. The van der Waals surface area contributed by atoms with Crippen LogP contribution in [0, 0.1) is 0 Å². The molecule has 0 saturated carbocycles. The van der Waals surface area contributed by atoms with Gasteiger partial charge in [-0.2, -0.15) is 13.2 Å². The van der Waals surface area contributed by atoms with Crippen molar-refractivity contribution in [1.82, 2.24) is 0 Å². The fraction of sp³-hybridized carbons (Fsp3) is 0.400. The highest BCUT2D eigenvalue weighted by molar-refractivity contribution is 7.90. The van der Waals surface area contributed by atoms with Gasteiger partial charge in [-0.15, -0.1) is 0 Å². The Hall–Kier alpha value is -1.04. The fourth-order valence-corrected chi connectivity index (χ4v) is 1.82. The Morgan fingerprint density at radius 1 is 1.12 bits per heavy atom. The smallest absolute Gasteiger partial charge is 0.224 e. The highest BCUT2D eigenvalue weighted by Gasteiger charge is 2.36. The van der Waals surface area contributed by atoms with Crippen LogP contribution in [0.25, 0.3) is 0 Å². The highest BCUT2D eigenvalue weighted by atomic mass is 32.2. The normalized spacial score (nSPS) is 14.8. The van der Waals surface area contributed by atoms with Crippen molar-refractivity contribution in [3.8, 4) is 0 Å². The summed E-state index contributed by atoms with van der Waals surface area (Å²) in [5, 5.41) is 0. The predicted molar refractivity (Wildman–Crippen MR) is 54.0 cm³/mol. The quantitative estimate of drug-likeness (QED) is 0.811. The van der Waals surface area contributed by atoms with E-state index in [9.17, 15) is 21.6 Å². The molecule has 0 N–H and O–H groups in total. The monoisotopic (exact) mass is 252 g/mol. The van der Waals surface area contributed by atoms with Gasteiger partial charge in [0, 0.05) is 6.26 Å². The van der Waals surface area contributed by atoms with Crippen molar-refractivity contribution in [2.24, 2.45) is 0 Å². The topological polar surface area (TPSA) is 34.1 Å². The van der Waals surface area contributed by atoms with E-state index in [0.717, 1.165) is 13.2 Å². The predicted octanol–water partition coefficient (Wildman–Crippen LogP) is 2.76. The third-order valence-corrected chi connectivity index (χ3v) is 3.43. The van der Waals surface area contributed by atoms with Crippen molar-refractivity contribution in [2.75, 3.05) is 6.26 Å². The molecule has 0 saturated heterocycles. The van der Waals surface area contributed by atoms with E-state index < -0.39 is 21.9 Å². The summed E-state index contributed by atoms with van der Waals surface area (Å²) in [5.74, 6) is -1.60. The Bertz CT molecular complexity index is 460. The third-order valence-electron chi connectivity index (χ3n) is 2.30. The summed E-state index contributed by atoms with van der Waals surface area (Å²) < 4.78 is 59.2. The van der Waals surface area contributed by atoms with Crippen LogP contribution in [0.1, 0.15) is 18.4 Å². The van der Waals surface area contributed by atoms with Gasteiger partial charge in [0.15, 0.2) is 9.84 Å². The molecule has 90 valence electrons. The molecule has 1 aromatic rings. The Balaban J connectivity index is 3.05. The van der Waals surface area contributed by atoms with Gasteiger partial charge in [-0.1, -0.05) is 12.1 Å². The summed E-state index contributed by atoms with van der Waals surface area (Å²) in [7, 11) is -3.36. The third kappa shape index (κ3) is 2.98. The van der Waals surface area contributed by atoms with Crippen molar-refractivity contribution in [2.45, 2.75) is 23.9 Å². The zero-order valence-corrected chi connectivity index (χ0v) is 9.56. The molecule has 0 fully saturated rings. The average Bonchev–Trinajstić information content (AvgIpc) is 2.14. The first-order chi connectivity index (χ1) is 7.12. The molecule has 1 rings (SSSR count). The Morgan fingerprint density at radius 2 is 1.56 bits per heavy atom. The summed E-state index contributed by atoms with van der Waals surface area (Å²) in [5.41, 5.74) is 0.0555. The second-order valence-electron chi connectivity index (χ2n) is 3.60. The molecule has 6 heteroatoms. The molecule has 0 bridgehead atoms. The van der Waals surface area contributed by atoms with Gasteiger partial charge < -0.3 is 0 Å². The number of hydrogen-bond acceptors (Lipinski definition) is 2. The maximum atomic E-state index is 12.4. The molecular formula is C10H11F3O2S. The Labute approximate surface area is 92.0 Å². The summed E-state index contributed by atoms with van der Waals surface area (Å²) in [4.78, 5) is 0.0191. The van der Waals surface area contributed by atoms with E-state index in [1.54, 1.807) is 0 Å². The molecular weight excluding hydrogens is 241 g/mol. The van der Waals surface area contributed by atoms with Crippen molar-refractivity contribution >= 4 is 9.84 Å². The summed E-state index contributed by atoms with van der Waals surface area (Å²) in [6.45, 7) is 1.04. The standard InChI is InChI=1S/C10H11F3O2S/c1-7(10(11,12)13)8-3-5-9(6-4-8)16(2,14)15/h3-7H,1-2H3. The highest BCUT2D eigenvalue weighted by Crippen LogP contribution is 2.34. The second kappa shape index (κ2) is 4.08. The first kappa shape index (κ1) is 13.0. The molecule has 0 aliphatic rings. The van der Waals surface area contributed by atoms with Crippen molar-refractivity contribution in [3.05, 3.63) is 29.8 Å². The van der Waals surface area contributed by atoms with Crippen LogP contribution in [0.4, 0.5) is 13.2 Å². The minimum Gasteiger partial charge on any atom is -0.224 e. The summed E-state index contributed by atoms with van der Waals surface area (Å²) in [6, 6.07) is 4.75. The molecule has 1 unspecified atom stereocenters. The molecule has 16 heavy (non-hydrogen) atoms. The van der Waals surface area contributed by atoms with Crippen LogP contribution in [-0.4, -0.2) is 20.8 Å². The van der Waals surface area contributed by atoms with Crippen LogP contribution < -0.4 is 0 Å². The van der Waals surface area contributed by atoms with Gasteiger partial charge >= 0.3 is 6.18 Å². The van der Waals surface area contributed by atoms with Crippen LogP contribution in [0.3, 0.4) is 0 Å². The van der Waals surface area contributed by atoms with Gasteiger partial charge in [0.1, 0.15) is 0 Å². The molecule has 0 spiro atoms. The number of sulfone groups is 1. The molecule has 0 heterocycles. The van der Waals surface area contributed by atoms with Gasteiger partial charge in [-0.25, -0.2) is 8.42 Å². The van der Waals surface area contributed by atoms with E-state index in [0.29, 0.717) is 0 Å². The molecule has 0 amide bonds. The Kier molecular flexibility index (Phi) is 3.33. The van der Waals surface area contributed by atoms with Gasteiger partial charge in [-0.3, -0.25) is 0 Å². The van der Waals surface area contributed by atoms with E-state index in [-0.39, 0.29) is 10.5 Å². The minimum atomic E-state index is -4.31. The average molecular weight is 252 g/mol. The molecule has 0 radical (unpaired) electrons. The number of benzene rings is 1. The van der Waals surface area contributed by atoms with Crippen molar-refractivity contribution in [1.29, 1.82) is 0 Å². The van der Waals surface area contributed by atoms with Crippen LogP contribution >= 0.6 is 0 Å². The molecule has 1 atom stereocenters. The molecule has 0 aliphatic carbocycles. The number of rotatable bonds is 2. The van der Waals surface area contributed by atoms with Crippen LogP contribution in [0.5, 0.6) is 0 Å². The van der Waals surface area contributed by atoms with E-state index in [4.69, 9.17) is 0 Å². The van der Waals surface area contributed by atoms with E-state index in [1.165, 1.54) is 24.3 Å². The zero-order valence-electron chi connectivity index (χ0n) is 8.75. The van der Waals surface area contributed by atoms with Gasteiger partial charge in [0.25, 0.3) is 0 Å². The lowest BCUT2D eigenvalue weighted by molar-refractivity contribution is -0.146. The van der Waals surface area contributed by atoms with E-state index in [1.807, 2.05) is 0 Å². The lowest BCUT2D eigenvalue weighted by Crippen LogP contribution is -2.17. The first-order valence-corrected chi connectivity index (χ1v) is 6.38. The van der Waals surface area contributed by atoms with Crippen LogP contribution in [0.15, 0.2) is 29.2 Å². The minimum absolute atomic E-state index is 0.0191.